The Kier molecular flexibility index (Phi) is 9.28. The first-order valence-corrected chi connectivity index (χ1v) is 15.1. The normalized spacial score (nSPS) is 19.2. The van der Waals surface area contributed by atoms with Crippen LogP contribution in [0, 0.1) is 6.92 Å². The number of aromatic nitrogens is 2. The van der Waals surface area contributed by atoms with Crippen molar-refractivity contribution < 1.29 is 14.3 Å². The average Bonchev–Trinajstić information content (AvgIpc) is 3.40. The third kappa shape index (κ3) is 6.37. The van der Waals surface area contributed by atoms with Gasteiger partial charge in [-0.2, -0.15) is 0 Å². The maximum absolute atomic E-state index is 13.8. The zero-order chi connectivity index (χ0) is 29.8. The molecule has 1 N–H and O–H groups in total. The van der Waals surface area contributed by atoms with Gasteiger partial charge < -0.3 is 24.8 Å². The van der Waals surface area contributed by atoms with Gasteiger partial charge in [-0.05, 0) is 82.2 Å². The van der Waals surface area contributed by atoms with Gasteiger partial charge in [0.15, 0.2) is 5.69 Å². The molecule has 2 fully saturated rings. The Hall–Kier alpha value is -3.69. The molecule has 0 spiro atoms. The van der Waals surface area contributed by atoms with E-state index in [9.17, 15) is 9.59 Å². The molecular formula is C32H39ClN6O3. The zero-order valence-corrected chi connectivity index (χ0v) is 25.5. The second-order valence-electron chi connectivity index (χ2n) is 11.1. The number of hydrogen-bond donors (Lipinski definition) is 1. The number of piperazine rings is 1. The van der Waals surface area contributed by atoms with Crippen molar-refractivity contribution in [2.75, 3.05) is 51.3 Å². The fraction of sp³-hybridized carbons (Fsp3) is 0.438. The number of anilines is 1. The van der Waals surface area contributed by atoms with Crippen molar-refractivity contribution in [2.45, 2.75) is 45.7 Å². The van der Waals surface area contributed by atoms with Crippen molar-refractivity contribution in [3.63, 3.8) is 0 Å². The molecule has 0 unspecified atom stereocenters. The molecule has 0 saturated carbocycles. The Morgan fingerprint density at radius 2 is 1.93 bits per heavy atom. The van der Waals surface area contributed by atoms with Crippen LogP contribution in [-0.2, 0) is 0 Å². The van der Waals surface area contributed by atoms with Gasteiger partial charge in [0.1, 0.15) is 0 Å². The van der Waals surface area contributed by atoms with E-state index >= 15 is 0 Å². The summed E-state index contributed by atoms with van der Waals surface area (Å²) in [6.07, 6.45) is 3.37. The molecule has 2 aliphatic heterocycles. The van der Waals surface area contributed by atoms with E-state index in [1.165, 1.54) is 0 Å². The second kappa shape index (κ2) is 13.1. The average molecular weight is 591 g/mol. The quantitative estimate of drug-likeness (QED) is 0.407. The predicted octanol–water partition coefficient (Wildman–Crippen LogP) is 4.68. The number of hydrogen-bond acceptors (Lipinski definition) is 7. The lowest BCUT2D eigenvalue weighted by atomic mass is 10.0. The minimum absolute atomic E-state index is 0.00103. The molecule has 10 heteroatoms. The van der Waals surface area contributed by atoms with E-state index in [0.29, 0.717) is 54.1 Å². The fourth-order valence-corrected chi connectivity index (χ4v) is 6.13. The van der Waals surface area contributed by atoms with Crippen molar-refractivity contribution >= 4 is 29.1 Å². The van der Waals surface area contributed by atoms with Gasteiger partial charge in [0.05, 0.1) is 34.1 Å². The highest BCUT2D eigenvalue weighted by Gasteiger charge is 2.33. The highest BCUT2D eigenvalue weighted by atomic mass is 35.5. The third-order valence-corrected chi connectivity index (χ3v) is 8.36. The van der Waals surface area contributed by atoms with Gasteiger partial charge >= 0.3 is 0 Å². The Balaban J connectivity index is 1.46. The van der Waals surface area contributed by atoms with Gasteiger partial charge in [0, 0.05) is 44.5 Å². The van der Waals surface area contributed by atoms with E-state index in [2.05, 4.69) is 34.1 Å². The van der Waals surface area contributed by atoms with Gasteiger partial charge in [-0.15, -0.1) is 0 Å². The summed E-state index contributed by atoms with van der Waals surface area (Å²) >= 11 is 6.44. The molecule has 0 bridgehead atoms. The van der Waals surface area contributed by atoms with Crippen molar-refractivity contribution in [1.29, 1.82) is 0 Å². The summed E-state index contributed by atoms with van der Waals surface area (Å²) in [4.78, 5) is 42.9. The molecule has 42 heavy (non-hydrogen) atoms. The van der Waals surface area contributed by atoms with Gasteiger partial charge in [0.2, 0.25) is 5.88 Å². The lowest BCUT2D eigenvalue weighted by Gasteiger charge is -2.43. The molecule has 2 atom stereocenters. The molecule has 2 amide bonds. The smallest absolute Gasteiger partial charge is 0.272 e. The molecule has 0 radical (unpaired) electrons. The summed E-state index contributed by atoms with van der Waals surface area (Å²) in [6.45, 7) is 9.78. The molecule has 222 valence electrons. The minimum Gasteiger partial charge on any atom is -0.477 e. The van der Waals surface area contributed by atoms with Crippen molar-refractivity contribution in [3.05, 3.63) is 70.5 Å². The van der Waals surface area contributed by atoms with Crippen LogP contribution in [0.25, 0.3) is 11.3 Å². The molecule has 2 saturated heterocycles. The number of nitrogens with one attached hydrogen (secondary N) is 1. The first kappa shape index (κ1) is 29.8. The van der Waals surface area contributed by atoms with Crippen LogP contribution in [0.3, 0.4) is 0 Å². The number of amides is 2. The molecule has 3 aromatic rings. The summed E-state index contributed by atoms with van der Waals surface area (Å²) in [5, 5.41) is 3.69. The maximum Gasteiger partial charge on any atom is 0.272 e. The van der Waals surface area contributed by atoms with Crippen LogP contribution in [0.2, 0.25) is 5.02 Å². The molecule has 0 aliphatic carbocycles. The molecule has 9 nitrogen and oxygen atoms in total. The van der Waals surface area contributed by atoms with Crippen LogP contribution in [0.4, 0.5) is 5.69 Å². The number of likely N-dealkylation sites (tertiary alicyclic amines) is 1. The molecular weight excluding hydrogens is 552 g/mol. The predicted molar refractivity (Wildman–Crippen MR) is 166 cm³/mol. The zero-order valence-electron chi connectivity index (χ0n) is 24.8. The number of rotatable bonds is 8. The maximum atomic E-state index is 13.8. The van der Waals surface area contributed by atoms with Gasteiger partial charge in [-0.25, -0.2) is 9.97 Å². The van der Waals surface area contributed by atoms with Gasteiger partial charge in [-0.1, -0.05) is 24.6 Å². The van der Waals surface area contributed by atoms with E-state index in [1.807, 2.05) is 55.1 Å². The Morgan fingerprint density at radius 1 is 1.10 bits per heavy atom. The lowest BCUT2D eigenvalue weighted by Crippen LogP contribution is -2.55. The Labute approximate surface area is 252 Å². The number of benzene rings is 1. The first-order chi connectivity index (χ1) is 20.3. The number of halogens is 1. The lowest BCUT2D eigenvalue weighted by molar-refractivity contribution is 0.0720. The monoisotopic (exact) mass is 590 g/mol. The number of likely N-dealkylation sites (N-methyl/N-ethyl adjacent to an activating group) is 1. The van der Waals surface area contributed by atoms with Crippen molar-refractivity contribution in [2.24, 2.45) is 0 Å². The van der Waals surface area contributed by atoms with Gasteiger partial charge in [0.25, 0.3) is 11.8 Å². The highest BCUT2D eigenvalue weighted by molar-refractivity contribution is 6.33. The molecule has 1 aromatic carbocycles. The number of aryl methyl sites for hydroxylation is 1. The summed E-state index contributed by atoms with van der Waals surface area (Å²) < 4.78 is 5.76. The highest BCUT2D eigenvalue weighted by Crippen LogP contribution is 2.32. The molecule has 5 rings (SSSR count). The van der Waals surface area contributed by atoms with Crippen LogP contribution in [0.5, 0.6) is 5.88 Å². The SMILES string of the molecule is CCOc1ncccc1-c1ccc(N2CCN(C(=O)c3ccc(C)cc3Cl)C[C@H]2CC)c(C(=O)N[C@@H]2CCN(C)C2)n1. The molecule has 4 heterocycles. The van der Waals surface area contributed by atoms with Crippen LogP contribution >= 0.6 is 11.6 Å². The van der Waals surface area contributed by atoms with Crippen LogP contribution in [0.1, 0.15) is 53.1 Å². The second-order valence-corrected chi connectivity index (χ2v) is 11.5. The van der Waals surface area contributed by atoms with E-state index in [1.54, 1.807) is 12.3 Å². The Morgan fingerprint density at radius 3 is 2.64 bits per heavy atom. The molecule has 2 aromatic heterocycles. The number of carbonyl (C=O) groups excluding carboxylic acids is 2. The summed E-state index contributed by atoms with van der Waals surface area (Å²) in [7, 11) is 2.06. The van der Waals surface area contributed by atoms with Crippen LogP contribution in [0.15, 0.2) is 48.7 Å². The first-order valence-electron chi connectivity index (χ1n) is 14.7. The topological polar surface area (TPSA) is 90.9 Å². The Bertz CT molecular complexity index is 1450. The number of pyridine rings is 2. The van der Waals surface area contributed by atoms with E-state index in [-0.39, 0.29) is 23.9 Å². The number of carbonyl (C=O) groups is 2. The van der Waals surface area contributed by atoms with Crippen LogP contribution in [-0.4, -0.2) is 90.0 Å². The van der Waals surface area contributed by atoms with Crippen molar-refractivity contribution in [1.82, 2.24) is 25.1 Å². The summed E-state index contributed by atoms with van der Waals surface area (Å²) in [5.74, 6) is 0.209. The van der Waals surface area contributed by atoms with Crippen molar-refractivity contribution in [3.8, 4) is 17.1 Å². The minimum atomic E-state index is -0.200. The third-order valence-electron chi connectivity index (χ3n) is 8.05. The summed E-state index contributed by atoms with van der Waals surface area (Å²) in [5.41, 5.74) is 4.01. The summed E-state index contributed by atoms with van der Waals surface area (Å²) in [6, 6.07) is 13.2. The van der Waals surface area contributed by atoms with E-state index < -0.39 is 0 Å². The fourth-order valence-electron chi connectivity index (χ4n) is 5.82. The largest absolute Gasteiger partial charge is 0.477 e. The molecule has 2 aliphatic rings. The van der Waals surface area contributed by atoms with E-state index in [0.717, 1.165) is 42.7 Å². The van der Waals surface area contributed by atoms with Gasteiger partial charge in [-0.3, -0.25) is 9.59 Å². The van der Waals surface area contributed by atoms with Crippen LogP contribution < -0.4 is 15.0 Å². The number of nitrogens with zero attached hydrogens (tertiary/aromatic N) is 5. The van der Waals surface area contributed by atoms with E-state index in [4.69, 9.17) is 21.3 Å². The standard InChI is InChI=1S/C32H39ClN6O3/c1-5-23-20-38(32(41)24-10-9-21(3)18-26(24)33)16-17-39(23)28-12-11-27(25-8-7-14-34-31(25)42-6-2)36-29(28)30(40)35-22-13-15-37(4)19-22/h7-12,14,18,22-23H,5-6,13,15-17,19-20H2,1-4H3,(H,35,40)/t22-,23-/m1/s1. The number of ether oxygens (including phenoxy) is 1.